The summed E-state index contributed by atoms with van der Waals surface area (Å²) in [6.45, 7) is 6.38. The number of aryl methyl sites for hydroxylation is 1. The molecule has 2 rings (SSSR count). The molecular weight excluding hydrogens is 236 g/mol. The van der Waals surface area contributed by atoms with E-state index in [0.29, 0.717) is 12.1 Å². The van der Waals surface area contributed by atoms with Crippen LogP contribution < -0.4 is 5.32 Å². The van der Waals surface area contributed by atoms with E-state index in [1.54, 1.807) is 0 Å². The number of nitrogens with zero attached hydrogens (tertiary/aromatic N) is 1. The maximum Gasteiger partial charge on any atom is 0.0576 e. The van der Waals surface area contributed by atoms with Crippen molar-refractivity contribution < 1.29 is 4.74 Å². The summed E-state index contributed by atoms with van der Waals surface area (Å²) in [6, 6.07) is 2.59. The Kier molecular flexibility index (Phi) is 5.80. The molecule has 2 atom stereocenters. The number of ether oxygens (including phenoxy) is 1. The lowest BCUT2D eigenvalue weighted by atomic mass is 9.97. The molecule has 1 aromatic rings. The molecule has 19 heavy (non-hydrogen) atoms. The molecule has 1 fully saturated rings. The minimum absolute atomic E-state index is 0.437. The predicted molar refractivity (Wildman–Crippen MR) is 78.2 cm³/mol. The molecule has 0 radical (unpaired) electrons. The van der Waals surface area contributed by atoms with Crippen LogP contribution in [0.5, 0.6) is 0 Å². The van der Waals surface area contributed by atoms with Crippen molar-refractivity contribution in [1.29, 1.82) is 0 Å². The lowest BCUT2D eigenvalue weighted by Crippen LogP contribution is -2.24. The van der Waals surface area contributed by atoms with Gasteiger partial charge in [-0.05, 0) is 62.8 Å². The Hall–Kier alpha value is -0.930. The summed E-state index contributed by atoms with van der Waals surface area (Å²) in [4.78, 5) is 4.19. The maximum absolute atomic E-state index is 5.73. The van der Waals surface area contributed by atoms with Crippen molar-refractivity contribution in [3.63, 3.8) is 0 Å². The lowest BCUT2D eigenvalue weighted by Gasteiger charge is -2.22. The summed E-state index contributed by atoms with van der Waals surface area (Å²) in [5.41, 5.74) is 2.67. The first kappa shape index (κ1) is 14.5. The molecule has 3 nitrogen and oxygen atoms in total. The van der Waals surface area contributed by atoms with Crippen LogP contribution in [-0.2, 0) is 4.74 Å². The topological polar surface area (TPSA) is 34.1 Å². The fourth-order valence-corrected chi connectivity index (χ4v) is 2.79. The van der Waals surface area contributed by atoms with Gasteiger partial charge in [-0.1, -0.05) is 6.92 Å². The van der Waals surface area contributed by atoms with Gasteiger partial charge in [0.2, 0.25) is 0 Å². The van der Waals surface area contributed by atoms with Gasteiger partial charge in [-0.2, -0.15) is 0 Å². The molecule has 0 amide bonds. The van der Waals surface area contributed by atoms with Gasteiger partial charge < -0.3 is 10.1 Å². The number of nitrogens with one attached hydrogen (secondary N) is 1. The standard InChI is InChI=1S/C16H26N2O/c1-3-9-18-16(7-6-14-5-4-11-19-14)15-8-10-17-12-13(15)2/h8,10,12,14,16,18H,3-7,9,11H2,1-2H3. The molecule has 2 unspecified atom stereocenters. The van der Waals surface area contributed by atoms with Gasteiger partial charge >= 0.3 is 0 Å². The van der Waals surface area contributed by atoms with Crippen LogP contribution in [0.4, 0.5) is 0 Å². The van der Waals surface area contributed by atoms with Crippen molar-refractivity contribution in [2.24, 2.45) is 0 Å². The van der Waals surface area contributed by atoms with Crippen molar-refractivity contribution >= 4 is 0 Å². The van der Waals surface area contributed by atoms with Gasteiger partial charge in [0.15, 0.2) is 0 Å². The van der Waals surface area contributed by atoms with Gasteiger partial charge in [0.1, 0.15) is 0 Å². The summed E-state index contributed by atoms with van der Waals surface area (Å²) in [6.07, 6.45) is 10.3. The monoisotopic (exact) mass is 262 g/mol. The summed E-state index contributed by atoms with van der Waals surface area (Å²) in [5, 5.41) is 3.67. The summed E-state index contributed by atoms with van der Waals surface area (Å²) in [7, 11) is 0. The molecule has 1 saturated heterocycles. The zero-order valence-electron chi connectivity index (χ0n) is 12.2. The first-order chi connectivity index (χ1) is 9.31. The van der Waals surface area contributed by atoms with Crippen LogP contribution in [-0.4, -0.2) is 24.2 Å². The van der Waals surface area contributed by atoms with Crippen LogP contribution in [0, 0.1) is 6.92 Å². The summed E-state index contributed by atoms with van der Waals surface area (Å²) in [5.74, 6) is 0. The molecule has 0 saturated carbocycles. The second-order valence-electron chi connectivity index (χ2n) is 5.45. The Balaban J connectivity index is 1.96. The van der Waals surface area contributed by atoms with Gasteiger partial charge in [-0.15, -0.1) is 0 Å². The Morgan fingerprint density at radius 1 is 1.53 bits per heavy atom. The average Bonchev–Trinajstić information content (AvgIpc) is 2.93. The van der Waals surface area contributed by atoms with Crippen molar-refractivity contribution in [2.75, 3.05) is 13.2 Å². The number of pyridine rings is 1. The van der Waals surface area contributed by atoms with Crippen LogP contribution in [0.1, 0.15) is 56.2 Å². The first-order valence-electron chi connectivity index (χ1n) is 7.56. The number of rotatable bonds is 7. The quantitative estimate of drug-likeness (QED) is 0.818. The van der Waals surface area contributed by atoms with Gasteiger partial charge in [0.05, 0.1) is 6.10 Å². The maximum atomic E-state index is 5.73. The molecule has 1 N–H and O–H groups in total. The third-order valence-electron chi connectivity index (χ3n) is 3.88. The third kappa shape index (κ3) is 4.29. The van der Waals surface area contributed by atoms with Crippen LogP contribution in [0.25, 0.3) is 0 Å². The van der Waals surface area contributed by atoms with E-state index in [-0.39, 0.29) is 0 Å². The molecule has 1 aliphatic heterocycles. The molecule has 0 aliphatic carbocycles. The Bertz CT molecular complexity index is 375. The lowest BCUT2D eigenvalue weighted by molar-refractivity contribution is 0.0995. The van der Waals surface area contributed by atoms with Gasteiger partial charge in [0, 0.05) is 25.0 Å². The number of hydrogen-bond donors (Lipinski definition) is 1. The average molecular weight is 262 g/mol. The fourth-order valence-electron chi connectivity index (χ4n) is 2.79. The van der Waals surface area contributed by atoms with Crippen molar-refractivity contribution in [2.45, 2.75) is 58.1 Å². The van der Waals surface area contributed by atoms with Crippen molar-refractivity contribution in [3.8, 4) is 0 Å². The van der Waals surface area contributed by atoms with Crippen LogP contribution in [0.3, 0.4) is 0 Å². The van der Waals surface area contributed by atoms with E-state index in [1.807, 2.05) is 12.4 Å². The molecule has 1 aliphatic rings. The molecule has 1 aromatic heterocycles. The minimum Gasteiger partial charge on any atom is -0.378 e. The highest BCUT2D eigenvalue weighted by Crippen LogP contribution is 2.25. The predicted octanol–water partition coefficient (Wildman–Crippen LogP) is 3.39. The van der Waals surface area contributed by atoms with Crippen LogP contribution in [0.15, 0.2) is 18.5 Å². The highest BCUT2D eigenvalue weighted by atomic mass is 16.5. The van der Waals surface area contributed by atoms with Gasteiger partial charge in [-0.3, -0.25) is 4.98 Å². The summed E-state index contributed by atoms with van der Waals surface area (Å²) >= 11 is 0. The van der Waals surface area contributed by atoms with Crippen molar-refractivity contribution in [3.05, 3.63) is 29.6 Å². The third-order valence-corrected chi connectivity index (χ3v) is 3.88. The largest absolute Gasteiger partial charge is 0.378 e. The molecule has 0 bridgehead atoms. The van der Waals surface area contributed by atoms with E-state index in [1.165, 1.54) is 30.4 Å². The second-order valence-corrected chi connectivity index (χ2v) is 5.45. The second kappa shape index (κ2) is 7.61. The van der Waals surface area contributed by atoms with E-state index >= 15 is 0 Å². The van der Waals surface area contributed by atoms with Crippen molar-refractivity contribution in [1.82, 2.24) is 10.3 Å². The van der Waals surface area contributed by atoms with Gasteiger partial charge in [0.25, 0.3) is 0 Å². The highest BCUT2D eigenvalue weighted by Gasteiger charge is 2.19. The number of hydrogen-bond acceptors (Lipinski definition) is 3. The molecule has 2 heterocycles. The Labute approximate surface area is 116 Å². The zero-order chi connectivity index (χ0) is 13.5. The number of aromatic nitrogens is 1. The highest BCUT2D eigenvalue weighted by molar-refractivity contribution is 5.25. The van der Waals surface area contributed by atoms with E-state index in [2.05, 4.69) is 30.2 Å². The Morgan fingerprint density at radius 2 is 2.42 bits per heavy atom. The normalized spacial score (nSPS) is 20.6. The fraction of sp³-hybridized carbons (Fsp3) is 0.688. The van der Waals surface area contributed by atoms with Crippen LogP contribution >= 0.6 is 0 Å². The van der Waals surface area contributed by atoms with E-state index in [0.717, 1.165) is 26.0 Å². The Morgan fingerprint density at radius 3 is 3.11 bits per heavy atom. The molecular formula is C16H26N2O. The minimum atomic E-state index is 0.437. The molecule has 106 valence electrons. The van der Waals surface area contributed by atoms with Gasteiger partial charge in [-0.25, -0.2) is 0 Å². The van der Waals surface area contributed by atoms with E-state index in [4.69, 9.17) is 4.74 Å². The molecule has 3 heteroatoms. The smallest absolute Gasteiger partial charge is 0.0576 e. The van der Waals surface area contributed by atoms with E-state index in [9.17, 15) is 0 Å². The molecule has 0 spiro atoms. The molecule has 0 aromatic carbocycles. The summed E-state index contributed by atoms with van der Waals surface area (Å²) < 4.78 is 5.73. The first-order valence-corrected chi connectivity index (χ1v) is 7.56. The van der Waals surface area contributed by atoms with E-state index < -0.39 is 0 Å². The van der Waals surface area contributed by atoms with Crippen LogP contribution in [0.2, 0.25) is 0 Å². The zero-order valence-corrected chi connectivity index (χ0v) is 12.2. The SMILES string of the molecule is CCCNC(CCC1CCCO1)c1ccncc1C.